The lowest BCUT2D eigenvalue weighted by molar-refractivity contribution is 0.376. The first-order chi connectivity index (χ1) is 8.33. The lowest BCUT2D eigenvalue weighted by Gasteiger charge is -2.27. The van der Waals surface area contributed by atoms with Crippen molar-refractivity contribution in [2.45, 2.75) is 51.4 Å². The van der Waals surface area contributed by atoms with Crippen LogP contribution in [0.2, 0.25) is 0 Å². The number of rotatable bonds is 4. The predicted octanol–water partition coefficient (Wildman–Crippen LogP) is 5.10. The molecule has 0 bridgehead atoms. The van der Waals surface area contributed by atoms with Crippen LogP contribution < -0.4 is 0 Å². The van der Waals surface area contributed by atoms with Gasteiger partial charge in [-0.2, -0.15) is 0 Å². The molecule has 0 N–H and O–H groups in total. The molecule has 1 aromatic carbocycles. The van der Waals surface area contributed by atoms with Gasteiger partial charge in [-0.1, -0.05) is 43.7 Å². The van der Waals surface area contributed by atoms with Crippen LogP contribution in [0.25, 0.3) is 0 Å². The summed E-state index contributed by atoms with van der Waals surface area (Å²) in [4.78, 5) is 0. The van der Waals surface area contributed by atoms with Gasteiger partial charge in [-0.05, 0) is 55.1 Å². The summed E-state index contributed by atoms with van der Waals surface area (Å²) in [6.07, 6.45) is 9.91. The highest BCUT2D eigenvalue weighted by Gasteiger charge is 2.20. The fourth-order valence-corrected chi connectivity index (χ4v) is 2.93. The predicted molar refractivity (Wildman–Crippen MR) is 75.3 cm³/mol. The Labute approximate surface area is 106 Å². The maximum absolute atomic E-state index is 3.91. The first kappa shape index (κ1) is 12.4. The molecule has 0 unspecified atom stereocenters. The van der Waals surface area contributed by atoms with E-state index >= 15 is 0 Å². The van der Waals surface area contributed by atoms with Gasteiger partial charge in [0.25, 0.3) is 0 Å². The van der Waals surface area contributed by atoms with E-state index in [1.54, 1.807) is 5.56 Å². The van der Waals surface area contributed by atoms with Crippen molar-refractivity contribution in [3.8, 4) is 0 Å². The third-order valence-electron chi connectivity index (χ3n) is 4.09. The van der Waals surface area contributed by atoms with Gasteiger partial charge in [-0.15, -0.1) is 6.58 Å². The first-order valence-electron chi connectivity index (χ1n) is 7.05. The van der Waals surface area contributed by atoms with Crippen LogP contribution in [0.5, 0.6) is 0 Å². The number of hydrogen-bond donors (Lipinski definition) is 0. The largest absolute Gasteiger partial charge is 0.103 e. The molecule has 1 aliphatic rings. The van der Waals surface area contributed by atoms with Crippen molar-refractivity contribution in [3.63, 3.8) is 0 Å². The molecule has 0 amide bonds. The summed E-state index contributed by atoms with van der Waals surface area (Å²) in [5, 5.41) is 0. The molecule has 0 aromatic heterocycles. The molecule has 0 heteroatoms. The molecule has 1 saturated carbocycles. The van der Waals surface area contributed by atoms with E-state index < -0.39 is 0 Å². The van der Waals surface area contributed by atoms with E-state index in [0.717, 1.165) is 11.8 Å². The van der Waals surface area contributed by atoms with Crippen molar-refractivity contribution in [2.75, 3.05) is 0 Å². The van der Waals surface area contributed by atoms with Gasteiger partial charge in [-0.25, -0.2) is 0 Å². The highest BCUT2D eigenvalue weighted by Crippen LogP contribution is 2.36. The van der Waals surface area contributed by atoms with E-state index in [0.29, 0.717) is 0 Å². The van der Waals surface area contributed by atoms with Crippen LogP contribution in [-0.2, 0) is 6.42 Å². The van der Waals surface area contributed by atoms with E-state index in [-0.39, 0.29) is 0 Å². The summed E-state index contributed by atoms with van der Waals surface area (Å²) in [5.74, 6) is 1.56. The second-order valence-corrected chi connectivity index (χ2v) is 5.34. The molecular formula is C17H24. The number of aryl methyl sites for hydroxylation is 1. The Balaban J connectivity index is 1.96. The minimum atomic E-state index is 0.769. The third kappa shape index (κ3) is 3.21. The molecule has 1 aromatic rings. The zero-order chi connectivity index (χ0) is 12.1. The minimum Gasteiger partial charge on any atom is -0.103 e. The standard InChI is InChI=1S/C17H24/c1-3-5-15-8-12-17(13-9-15)16-10-6-14(4-2)7-11-16/h4,8-9,12-14,16H,2-3,5-7,10-11H2,1H3. The van der Waals surface area contributed by atoms with Crippen LogP contribution in [0.3, 0.4) is 0 Å². The minimum absolute atomic E-state index is 0.769. The summed E-state index contributed by atoms with van der Waals surface area (Å²) in [6, 6.07) is 9.34. The Bertz CT molecular complexity index is 339. The van der Waals surface area contributed by atoms with Crippen LogP contribution in [0.15, 0.2) is 36.9 Å². The first-order valence-corrected chi connectivity index (χ1v) is 7.05. The maximum Gasteiger partial charge on any atom is -0.0162 e. The lowest BCUT2D eigenvalue weighted by Crippen LogP contribution is -2.11. The molecule has 1 fully saturated rings. The van der Waals surface area contributed by atoms with E-state index in [1.807, 2.05) is 0 Å². The second-order valence-electron chi connectivity index (χ2n) is 5.34. The molecule has 92 valence electrons. The molecule has 2 rings (SSSR count). The zero-order valence-electron chi connectivity index (χ0n) is 11.0. The summed E-state index contributed by atoms with van der Waals surface area (Å²) < 4.78 is 0. The van der Waals surface area contributed by atoms with Crippen molar-refractivity contribution in [2.24, 2.45) is 5.92 Å². The average Bonchev–Trinajstić information content (AvgIpc) is 2.40. The summed E-state index contributed by atoms with van der Waals surface area (Å²) in [7, 11) is 0. The van der Waals surface area contributed by atoms with Gasteiger partial charge in [-0.3, -0.25) is 0 Å². The monoisotopic (exact) mass is 228 g/mol. The summed E-state index contributed by atoms with van der Waals surface area (Å²) >= 11 is 0. The fraction of sp³-hybridized carbons (Fsp3) is 0.529. The number of hydrogen-bond acceptors (Lipinski definition) is 0. The second kappa shape index (κ2) is 6.05. The molecular weight excluding hydrogens is 204 g/mol. The fourth-order valence-electron chi connectivity index (χ4n) is 2.93. The smallest absolute Gasteiger partial charge is 0.0162 e. The normalized spacial score (nSPS) is 24.5. The molecule has 1 aliphatic carbocycles. The Morgan fingerprint density at radius 1 is 1.12 bits per heavy atom. The van der Waals surface area contributed by atoms with Crippen LogP contribution in [0.4, 0.5) is 0 Å². The molecule has 0 aliphatic heterocycles. The van der Waals surface area contributed by atoms with Crippen LogP contribution in [0, 0.1) is 5.92 Å². The van der Waals surface area contributed by atoms with Gasteiger partial charge < -0.3 is 0 Å². The third-order valence-corrected chi connectivity index (χ3v) is 4.09. The number of benzene rings is 1. The highest BCUT2D eigenvalue weighted by molar-refractivity contribution is 5.26. The zero-order valence-corrected chi connectivity index (χ0v) is 11.0. The van der Waals surface area contributed by atoms with E-state index in [2.05, 4.69) is 43.8 Å². The Morgan fingerprint density at radius 3 is 2.29 bits per heavy atom. The van der Waals surface area contributed by atoms with Crippen molar-refractivity contribution in [1.82, 2.24) is 0 Å². The molecule has 17 heavy (non-hydrogen) atoms. The van der Waals surface area contributed by atoms with E-state index in [1.165, 1.54) is 44.1 Å². The van der Waals surface area contributed by atoms with Crippen molar-refractivity contribution in [1.29, 1.82) is 0 Å². The van der Waals surface area contributed by atoms with Gasteiger partial charge in [0.15, 0.2) is 0 Å². The van der Waals surface area contributed by atoms with Crippen molar-refractivity contribution >= 4 is 0 Å². The Kier molecular flexibility index (Phi) is 4.42. The van der Waals surface area contributed by atoms with Gasteiger partial charge in [0, 0.05) is 0 Å². The molecule has 0 heterocycles. The molecule has 0 nitrogen and oxygen atoms in total. The molecule has 0 saturated heterocycles. The average molecular weight is 228 g/mol. The molecule has 0 atom stereocenters. The summed E-state index contributed by atoms with van der Waals surface area (Å²) in [5.41, 5.74) is 3.03. The molecule has 0 radical (unpaired) electrons. The quantitative estimate of drug-likeness (QED) is 0.629. The van der Waals surface area contributed by atoms with Gasteiger partial charge >= 0.3 is 0 Å². The van der Waals surface area contributed by atoms with Gasteiger partial charge in [0.1, 0.15) is 0 Å². The van der Waals surface area contributed by atoms with Crippen LogP contribution >= 0.6 is 0 Å². The van der Waals surface area contributed by atoms with E-state index in [9.17, 15) is 0 Å². The molecule has 0 spiro atoms. The lowest BCUT2D eigenvalue weighted by atomic mass is 9.78. The topological polar surface area (TPSA) is 0 Å². The SMILES string of the molecule is C=CC1CCC(c2ccc(CCC)cc2)CC1. The highest BCUT2D eigenvalue weighted by atomic mass is 14.2. The van der Waals surface area contributed by atoms with E-state index in [4.69, 9.17) is 0 Å². The summed E-state index contributed by atoms with van der Waals surface area (Å²) in [6.45, 7) is 6.15. The maximum atomic E-state index is 3.91. The van der Waals surface area contributed by atoms with Crippen molar-refractivity contribution in [3.05, 3.63) is 48.0 Å². The Morgan fingerprint density at radius 2 is 1.76 bits per heavy atom. The van der Waals surface area contributed by atoms with Gasteiger partial charge in [0.2, 0.25) is 0 Å². The van der Waals surface area contributed by atoms with Crippen molar-refractivity contribution < 1.29 is 0 Å². The Hall–Kier alpha value is -1.04. The number of allylic oxidation sites excluding steroid dienone is 1. The van der Waals surface area contributed by atoms with Crippen LogP contribution in [0.1, 0.15) is 56.1 Å². The van der Waals surface area contributed by atoms with Gasteiger partial charge in [0.05, 0.1) is 0 Å². The van der Waals surface area contributed by atoms with Crippen LogP contribution in [-0.4, -0.2) is 0 Å².